The van der Waals surface area contributed by atoms with E-state index in [-0.39, 0.29) is 11.7 Å². The quantitative estimate of drug-likeness (QED) is 0.684. The number of benzene rings is 1. The summed E-state index contributed by atoms with van der Waals surface area (Å²) in [6.45, 7) is 0.855. The van der Waals surface area contributed by atoms with E-state index in [2.05, 4.69) is 4.98 Å². The first-order chi connectivity index (χ1) is 12.5. The minimum absolute atomic E-state index is 0.0868. The second kappa shape index (κ2) is 6.85. The van der Waals surface area contributed by atoms with E-state index < -0.39 is 15.1 Å². The number of furan rings is 1. The zero-order chi connectivity index (χ0) is 18.1. The standard InChI is InChI=1S/C18H18N2O4S2/c21-18(17-19-15-5-1-2-6-16(15)25-17)20-9-7-14(8-10-20)26(22,23)12-13-4-3-11-24-13/h1-6,11,14H,7-10,12H2. The zero-order valence-electron chi connectivity index (χ0n) is 14.0. The van der Waals surface area contributed by atoms with Crippen LogP contribution in [0.4, 0.5) is 0 Å². The molecule has 1 amide bonds. The Bertz CT molecular complexity index is 984. The summed E-state index contributed by atoms with van der Waals surface area (Å²) in [5.74, 6) is 0.252. The van der Waals surface area contributed by atoms with Gasteiger partial charge in [0.1, 0.15) is 11.5 Å². The van der Waals surface area contributed by atoms with E-state index in [1.54, 1.807) is 17.0 Å². The Labute approximate surface area is 155 Å². The molecule has 1 saturated heterocycles. The smallest absolute Gasteiger partial charge is 0.282 e. The number of nitrogens with zero attached hydrogens (tertiary/aromatic N) is 2. The number of carbonyl (C=O) groups excluding carboxylic acids is 1. The third kappa shape index (κ3) is 3.39. The highest BCUT2D eigenvalue weighted by atomic mass is 32.2. The van der Waals surface area contributed by atoms with Crippen LogP contribution in [0.2, 0.25) is 0 Å². The molecule has 1 aliphatic heterocycles. The van der Waals surface area contributed by atoms with Crippen LogP contribution in [-0.4, -0.2) is 42.5 Å². The Morgan fingerprint density at radius 2 is 1.96 bits per heavy atom. The van der Waals surface area contributed by atoms with Gasteiger partial charge in [-0.15, -0.1) is 11.3 Å². The van der Waals surface area contributed by atoms with Gasteiger partial charge in [0.15, 0.2) is 14.8 Å². The lowest BCUT2D eigenvalue weighted by atomic mass is 10.1. The molecule has 8 heteroatoms. The molecule has 0 atom stereocenters. The van der Waals surface area contributed by atoms with Gasteiger partial charge in [-0.25, -0.2) is 13.4 Å². The molecule has 0 bridgehead atoms. The SMILES string of the molecule is O=C(c1nc2ccccc2s1)N1CCC(S(=O)(=O)Cc2ccco2)CC1. The molecule has 0 saturated carbocycles. The third-order valence-corrected chi connectivity index (χ3v) is 7.84. The van der Waals surface area contributed by atoms with Gasteiger partial charge in [0.2, 0.25) is 0 Å². The average molecular weight is 390 g/mol. The molecule has 0 spiro atoms. The lowest BCUT2D eigenvalue weighted by Crippen LogP contribution is -2.42. The number of piperidine rings is 1. The molecule has 3 aromatic rings. The van der Waals surface area contributed by atoms with Crippen molar-refractivity contribution in [2.45, 2.75) is 23.8 Å². The highest BCUT2D eigenvalue weighted by Gasteiger charge is 2.33. The summed E-state index contributed by atoms with van der Waals surface area (Å²) in [5, 5.41) is 0.0232. The van der Waals surface area contributed by atoms with E-state index in [0.717, 1.165) is 10.2 Å². The number of thiazole rings is 1. The van der Waals surface area contributed by atoms with Gasteiger partial charge in [-0.2, -0.15) is 0 Å². The second-order valence-corrected chi connectivity index (χ2v) is 9.68. The van der Waals surface area contributed by atoms with Crippen LogP contribution in [0.25, 0.3) is 10.2 Å². The normalized spacial score (nSPS) is 16.2. The first kappa shape index (κ1) is 17.2. The number of fused-ring (bicyclic) bond motifs is 1. The van der Waals surface area contributed by atoms with E-state index >= 15 is 0 Å². The van der Waals surface area contributed by atoms with Crippen LogP contribution >= 0.6 is 11.3 Å². The lowest BCUT2D eigenvalue weighted by Gasteiger charge is -2.31. The molecular weight excluding hydrogens is 372 g/mol. The minimum atomic E-state index is -3.29. The average Bonchev–Trinajstić information content (AvgIpc) is 3.30. The van der Waals surface area contributed by atoms with Gasteiger partial charge in [0.05, 0.1) is 21.7 Å². The van der Waals surface area contributed by atoms with Gasteiger partial charge in [-0.3, -0.25) is 4.79 Å². The van der Waals surface area contributed by atoms with Crippen LogP contribution in [-0.2, 0) is 15.6 Å². The number of likely N-dealkylation sites (tertiary alicyclic amines) is 1. The maximum Gasteiger partial charge on any atom is 0.282 e. The number of sulfone groups is 1. The summed E-state index contributed by atoms with van der Waals surface area (Å²) in [7, 11) is -3.29. The van der Waals surface area contributed by atoms with Crippen LogP contribution in [0.3, 0.4) is 0 Å². The number of rotatable bonds is 4. The molecule has 1 aliphatic rings. The Morgan fingerprint density at radius 3 is 2.65 bits per heavy atom. The maximum absolute atomic E-state index is 12.7. The summed E-state index contributed by atoms with van der Waals surface area (Å²) in [5.41, 5.74) is 0.816. The Kier molecular flexibility index (Phi) is 4.54. The molecule has 2 aromatic heterocycles. The van der Waals surface area contributed by atoms with E-state index in [0.29, 0.717) is 36.7 Å². The van der Waals surface area contributed by atoms with Crippen molar-refractivity contribution in [3.05, 3.63) is 53.4 Å². The summed E-state index contributed by atoms with van der Waals surface area (Å²) in [4.78, 5) is 18.8. The molecule has 4 rings (SSSR count). The van der Waals surface area contributed by atoms with Crippen LogP contribution < -0.4 is 0 Å². The number of hydrogen-bond donors (Lipinski definition) is 0. The van der Waals surface area contributed by atoms with Crippen LogP contribution in [0.1, 0.15) is 28.4 Å². The van der Waals surface area contributed by atoms with Crippen molar-refractivity contribution in [3.63, 3.8) is 0 Å². The van der Waals surface area contributed by atoms with Gasteiger partial charge < -0.3 is 9.32 Å². The molecule has 136 valence electrons. The van der Waals surface area contributed by atoms with Crippen molar-refractivity contribution in [2.24, 2.45) is 0 Å². The summed E-state index contributed by atoms with van der Waals surface area (Å²) < 4.78 is 31.2. The van der Waals surface area contributed by atoms with Crippen LogP contribution in [0, 0.1) is 0 Å². The lowest BCUT2D eigenvalue weighted by molar-refractivity contribution is 0.0725. The molecule has 0 N–H and O–H groups in total. The van der Waals surface area contributed by atoms with Gasteiger partial charge in [-0.05, 0) is 37.1 Å². The zero-order valence-corrected chi connectivity index (χ0v) is 15.6. The fourth-order valence-electron chi connectivity index (χ4n) is 3.23. The van der Waals surface area contributed by atoms with Crippen molar-refractivity contribution < 1.29 is 17.6 Å². The topological polar surface area (TPSA) is 80.5 Å². The number of aromatic nitrogens is 1. The first-order valence-electron chi connectivity index (χ1n) is 8.42. The molecule has 0 aliphatic carbocycles. The monoisotopic (exact) mass is 390 g/mol. The van der Waals surface area contributed by atoms with E-state index in [9.17, 15) is 13.2 Å². The van der Waals surface area contributed by atoms with E-state index in [1.165, 1.54) is 17.6 Å². The van der Waals surface area contributed by atoms with Crippen molar-refractivity contribution in [1.29, 1.82) is 0 Å². The molecule has 1 fully saturated rings. The van der Waals surface area contributed by atoms with Gasteiger partial charge >= 0.3 is 0 Å². The van der Waals surface area contributed by atoms with Crippen molar-refractivity contribution in [1.82, 2.24) is 9.88 Å². The molecule has 6 nitrogen and oxygen atoms in total. The van der Waals surface area contributed by atoms with Gasteiger partial charge in [0.25, 0.3) is 5.91 Å². The molecule has 3 heterocycles. The fraction of sp³-hybridized carbons (Fsp3) is 0.333. The molecular formula is C18H18N2O4S2. The highest BCUT2D eigenvalue weighted by molar-refractivity contribution is 7.91. The molecule has 0 unspecified atom stereocenters. The number of amides is 1. The molecule has 1 aromatic carbocycles. The van der Waals surface area contributed by atoms with Crippen LogP contribution in [0.5, 0.6) is 0 Å². The summed E-state index contributed by atoms with van der Waals surface area (Å²) in [6.07, 6.45) is 2.36. The first-order valence-corrected chi connectivity index (χ1v) is 10.9. The summed E-state index contributed by atoms with van der Waals surface area (Å²) in [6, 6.07) is 11.0. The van der Waals surface area contributed by atoms with E-state index in [4.69, 9.17) is 4.42 Å². The van der Waals surface area contributed by atoms with Crippen LogP contribution in [0.15, 0.2) is 47.1 Å². The van der Waals surface area contributed by atoms with Crippen molar-refractivity contribution in [3.8, 4) is 0 Å². The predicted octanol–water partition coefficient (Wildman–Crippen LogP) is 3.11. The molecule has 26 heavy (non-hydrogen) atoms. The maximum atomic E-state index is 12.7. The third-order valence-electron chi connectivity index (χ3n) is 4.64. The van der Waals surface area contributed by atoms with Crippen molar-refractivity contribution >= 4 is 37.3 Å². The largest absolute Gasteiger partial charge is 0.468 e. The Balaban J connectivity index is 1.42. The number of carbonyl (C=O) groups is 1. The highest BCUT2D eigenvalue weighted by Crippen LogP contribution is 2.26. The Morgan fingerprint density at radius 1 is 1.19 bits per heavy atom. The minimum Gasteiger partial charge on any atom is -0.468 e. The van der Waals surface area contributed by atoms with Gasteiger partial charge in [0, 0.05) is 13.1 Å². The Hall–Kier alpha value is -2.19. The second-order valence-electron chi connectivity index (χ2n) is 6.36. The van der Waals surface area contributed by atoms with Gasteiger partial charge in [-0.1, -0.05) is 12.1 Å². The predicted molar refractivity (Wildman–Crippen MR) is 99.9 cm³/mol. The van der Waals surface area contributed by atoms with E-state index in [1.807, 2.05) is 24.3 Å². The van der Waals surface area contributed by atoms with Crippen molar-refractivity contribution in [2.75, 3.05) is 13.1 Å². The number of hydrogen-bond acceptors (Lipinski definition) is 6. The number of para-hydroxylation sites is 1. The molecule has 0 radical (unpaired) electrons. The fourth-order valence-corrected chi connectivity index (χ4v) is 5.89. The summed E-state index contributed by atoms with van der Waals surface area (Å²) >= 11 is 1.38.